The van der Waals surface area contributed by atoms with Crippen LogP contribution in [0.15, 0.2) is 30.5 Å². The second-order valence-electron chi connectivity index (χ2n) is 11.1. The molecule has 4 aromatic rings. The highest BCUT2D eigenvalue weighted by molar-refractivity contribution is 6.01. The SMILES string of the molecule is CCc1c(F)ccc2cc(O)cc(-c3ncc4c(N5CCC6(C5)OCCO6)nc(C(C)(C)C)nc4c3F)c12. The molecule has 198 valence electrons. The van der Waals surface area contributed by atoms with Gasteiger partial charge in [-0.2, -0.15) is 0 Å². The first-order chi connectivity index (χ1) is 18.1. The largest absolute Gasteiger partial charge is 0.508 e. The molecular weight excluding hydrogens is 490 g/mol. The van der Waals surface area contributed by atoms with Crippen molar-refractivity contribution in [2.24, 2.45) is 0 Å². The minimum atomic E-state index is -0.674. The number of anilines is 1. The average Bonchev–Trinajstić information content (AvgIpc) is 3.52. The van der Waals surface area contributed by atoms with Crippen molar-refractivity contribution in [3.05, 3.63) is 53.5 Å². The number of fused-ring (bicyclic) bond motifs is 2. The van der Waals surface area contributed by atoms with E-state index in [9.17, 15) is 9.50 Å². The molecule has 2 aliphatic heterocycles. The molecule has 6 rings (SSSR count). The number of aromatic nitrogens is 3. The summed E-state index contributed by atoms with van der Waals surface area (Å²) in [6.07, 6.45) is 2.65. The molecule has 0 unspecified atom stereocenters. The first kappa shape index (κ1) is 24.9. The third-order valence-electron chi connectivity index (χ3n) is 7.40. The van der Waals surface area contributed by atoms with Crippen molar-refractivity contribution in [2.45, 2.75) is 51.7 Å². The minimum absolute atomic E-state index is 0.00330. The first-order valence-corrected chi connectivity index (χ1v) is 12.9. The van der Waals surface area contributed by atoms with E-state index in [-0.39, 0.29) is 22.8 Å². The first-order valence-electron chi connectivity index (χ1n) is 12.9. The number of hydrogen-bond donors (Lipinski definition) is 1. The number of ether oxygens (including phenoxy) is 2. The lowest BCUT2D eigenvalue weighted by molar-refractivity contribution is -0.137. The van der Waals surface area contributed by atoms with E-state index >= 15 is 4.39 Å². The van der Waals surface area contributed by atoms with E-state index in [0.29, 0.717) is 78.1 Å². The summed E-state index contributed by atoms with van der Waals surface area (Å²) in [7, 11) is 0. The summed E-state index contributed by atoms with van der Waals surface area (Å²) in [5.74, 6) is -0.683. The molecule has 0 aliphatic carbocycles. The number of benzene rings is 2. The van der Waals surface area contributed by atoms with E-state index < -0.39 is 17.0 Å². The molecule has 0 atom stereocenters. The Bertz CT molecular complexity index is 1580. The molecule has 2 aromatic carbocycles. The molecule has 2 fully saturated rings. The lowest BCUT2D eigenvalue weighted by Crippen LogP contribution is -2.35. The van der Waals surface area contributed by atoms with Gasteiger partial charge in [0.2, 0.25) is 0 Å². The van der Waals surface area contributed by atoms with Gasteiger partial charge in [0, 0.05) is 30.1 Å². The number of phenolic OH excluding ortho intramolecular Hbond substituents is 1. The highest BCUT2D eigenvalue weighted by Crippen LogP contribution is 2.40. The van der Waals surface area contributed by atoms with Crippen molar-refractivity contribution in [3.63, 3.8) is 0 Å². The van der Waals surface area contributed by atoms with Gasteiger partial charge < -0.3 is 19.5 Å². The third-order valence-corrected chi connectivity index (χ3v) is 7.40. The van der Waals surface area contributed by atoms with Crippen LogP contribution in [0.4, 0.5) is 14.6 Å². The third kappa shape index (κ3) is 3.96. The van der Waals surface area contributed by atoms with E-state index in [1.807, 2.05) is 32.6 Å². The molecule has 0 radical (unpaired) electrons. The van der Waals surface area contributed by atoms with Gasteiger partial charge in [0.15, 0.2) is 11.6 Å². The number of pyridine rings is 1. The number of rotatable bonds is 3. The van der Waals surface area contributed by atoms with Gasteiger partial charge in [-0.15, -0.1) is 0 Å². The predicted octanol–water partition coefficient (Wildman–Crippen LogP) is 5.64. The Morgan fingerprint density at radius 2 is 1.87 bits per heavy atom. The molecule has 0 saturated carbocycles. The fourth-order valence-corrected chi connectivity index (χ4v) is 5.51. The Morgan fingerprint density at radius 1 is 1.11 bits per heavy atom. The van der Waals surface area contributed by atoms with E-state index in [2.05, 4.69) is 9.97 Å². The summed E-state index contributed by atoms with van der Waals surface area (Å²) in [5.41, 5.74) is 0.443. The molecule has 9 heteroatoms. The van der Waals surface area contributed by atoms with Gasteiger partial charge in [0.1, 0.15) is 34.4 Å². The minimum Gasteiger partial charge on any atom is -0.508 e. The fraction of sp³-hybridized carbons (Fsp3) is 0.414. The smallest absolute Gasteiger partial charge is 0.187 e. The van der Waals surface area contributed by atoms with Crippen LogP contribution in [0.5, 0.6) is 5.75 Å². The van der Waals surface area contributed by atoms with E-state index in [4.69, 9.17) is 14.5 Å². The standard InChI is InChI=1S/C29H30F2N4O3/c1-5-18-21(30)7-6-16-12-17(36)13-19(22(16)18)24-23(31)25-20(14-32-24)26(34-27(33-25)28(2,3)4)35-9-8-29(15-35)37-10-11-38-29/h6-7,12-14,36H,5,8-11,15H2,1-4H3. The zero-order valence-electron chi connectivity index (χ0n) is 21.9. The highest BCUT2D eigenvalue weighted by atomic mass is 19.1. The van der Waals surface area contributed by atoms with Crippen LogP contribution in [0.3, 0.4) is 0 Å². The molecule has 1 spiro atoms. The summed E-state index contributed by atoms with van der Waals surface area (Å²) in [5, 5.41) is 12.1. The molecule has 38 heavy (non-hydrogen) atoms. The summed E-state index contributed by atoms with van der Waals surface area (Å²) in [6.45, 7) is 9.97. The van der Waals surface area contributed by atoms with Crippen LogP contribution in [0.25, 0.3) is 32.9 Å². The van der Waals surface area contributed by atoms with Gasteiger partial charge in [-0.3, -0.25) is 4.98 Å². The molecule has 7 nitrogen and oxygen atoms in total. The van der Waals surface area contributed by atoms with Crippen LogP contribution in [0.1, 0.15) is 45.5 Å². The van der Waals surface area contributed by atoms with Crippen molar-refractivity contribution >= 4 is 27.5 Å². The molecule has 2 saturated heterocycles. The fourth-order valence-electron chi connectivity index (χ4n) is 5.51. The highest BCUT2D eigenvalue weighted by Gasteiger charge is 2.44. The number of phenols is 1. The van der Waals surface area contributed by atoms with Crippen molar-refractivity contribution in [3.8, 4) is 17.0 Å². The number of halogens is 2. The van der Waals surface area contributed by atoms with Gasteiger partial charge in [0.25, 0.3) is 0 Å². The zero-order valence-corrected chi connectivity index (χ0v) is 21.9. The molecule has 2 aromatic heterocycles. The van der Waals surface area contributed by atoms with Crippen LogP contribution < -0.4 is 4.90 Å². The Morgan fingerprint density at radius 3 is 2.58 bits per heavy atom. The van der Waals surface area contributed by atoms with Crippen molar-refractivity contribution in [1.29, 1.82) is 0 Å². The molecule has 4 heterocycles. The summed E-state index contributed by atoms with van der Waals surface area (Å²) in [4.78, 5) is 16.1. The molecule has 1 N–H and O–H groups in total. The monoisotopic (exact) mass is 520 g/mol. The summed E-state index contributed by atoms with van der Waals surface area (Å²) < 4.78 is 43.1. The number of hydrogen-bond acceptors (Lipinski definition) is 7. The normalized spacial score (nSPS) is 17.4. The maximum atomic E-state index is 16.5. The van der Waals surface area contributed by atoms with Gasteiger partial charge in [-0.25, -0.2) is 18.7 Å². The Kier molecular flexibility index (Phi) is 5.77. The maximum absolute atomic E-state index is 16.5. The van der Waals surface area contributed by atoms with Crippen LogP contribution in [0.2, 0.25) is 0 Å². The second-order valence-corrected chi connectivity index (χ2v) is 11.1. The lowest BCUT2D eigenvalue weighted by Gasteiger charge is -2.26. The summed E-state index contributed by atoms with van der Waals surface area (Å²) in [6, 6.07) is 5.93. The quantitative estimate of drug-likeness (QED) is 0.374. The number of nitrogens with zero attached hydrogens (tertiary/aromatic N) is 4. The van der Waals surface area contributed by atoms with Gasteiger partial charge >= 0.3 is 0 Å². The predicted molar refractivity (Wildman–Crippen MR) is 141 cm³/mol. The van der Waals surface area contributed by atoms with E-state index in [0.717, 1.165) is 0 Å². The zero-order chi connectivity index (χ0) is 26.8. The molecule has 0 bridgehead atoms. The van der Waals surface area contributed by atoms with Crippen LogP contribution in [0, 0.1) is 11.6 Å². The Hall–Kier alpha value is -3.43. The lowest BCUT2D eigenvalue weighted by atomic mass is 9.94. The van der Waals surface area contributed by atoms with E-state index in [1.54, 1.807) is 18.3 Å². The second kappa shape index (κ2) is 8.81. The Labute approximate surface area is 219 Å². The van der Waals surface area contributed by atoms with Gasteiger partial charge in [-0.05, 0) is 41.0 Å². The molecular formula is C29H30F2N4O3. The molecule has 0 amide bonds. The Balaban J connectivity index is 1.59. The van der Waals surface area contributed by atoms with Crippen LogP contribution in [-0.4, -0.2) is 52.1 Å². The topological polar surface area (TPSA) is 80.6 Å². The van der Waals surface area contributed by atoms with E-state index in [1.165, 1.54) is 12.1 Å². The number of aryl methyl sites for hydroxylation is 1. The average molecular weight is 521 g/mol. The summed E-state index contributed by atoms with van der Waals surface area (Å²) >= 11 is 0. The van der Waals surface area contributed by atoms with Crippen molar-refractivity contribution in [1.82, 2.24) is 15.0 Å². The van der Waals surface area contributed by atoms with Crippen molar-refractivity contribution in [2.75, 3.05) is 31.2 Å². The van der Waals surface area contributed by atoms with Crippen LogP contribution in [-0.2, 0) is 21.3 Å². The maximum Gasteiger partial charge on any atom is 0.187 e. The molecule has 2 aliphatic rings. The van der Waals surface area contributed by atoms with Crippen LogP contribution >= 0.6 is 0 Å². The number of aromatic hydroxyl groups is 1. The van der Waals surface area contributed by atoms with Crippen molar-refractivity contribution < 1.29 is 23.4 Å². The van der Waals surface area contributed by atoms with Gasteiger partial charge in [0.05, 0.1) is 25.1 Å². The van der Waals surface area contributed by atoms with Gasteiger partial charge in [-0.1, -0.05) is 33.8 Å².